The molecule has 166 valence electrons. The SMILES string of the molecule is CS(=O)c1ccc(C(CC2CCCC2)C(=O)Nc2cnc(C3OCCO3)cn2)cc1Cl. The van der Waals surface area contributed by atoms with Crippen LogP contribution < -0.4 is 5.32 Å². The smallest absolute Gasteiger partial charge is 0.233 e. The summed E-state index contributed by atoms with van der Waals surface area (Å²) < 4.78 is 22.7. The number of ether oxygens (including phenoxy) is 2. The molecule has 0 bridgehead atoms. The number of anilines is 1. The number of rotatable bonds is 7. The van der Waals surface area contributed by atoms with Gasteiger partial charge in [0.05, 0.1) is 52.2 Å². The van der Waals surface area contributed by atoms with E-state index >= 15 is 0 Å². The monoisotopic (exact) mass is 463 g/mol. The lowest BCUT2D eigenvalue weighted by Crippen LogP contribution is -2.24. The molecule has 7 nitrogen and oxygen atoms in total. The summed E-state index contributed by atoms with van der Waals surface area (Å²) in [6.07, 6.45) is 9.56. The quantitative estimate of drug-likeness (QED) is 0.661. The number of nitrogens with zero attached hydrogens (tertiary/aromatic N) is 2. The Hall–Kier alpha value is -1.87. The van der Waals surface area contributed by atoms with E-state index < -0.39 is 17.1 Å². The van der Waals surface area contributed by atoms with Gasteiger partial charge in [0, 0.05) is 6.26 Å². The molecule has 2 aliphatic rings. The molecular formula is C22H26ClN3O4S. The Kier molecular flexibility index (Phi) is 7.32. The van der Waals surface area contributed by atoms with Crippen LogP contribution in [-0.2, 0) is 25.1 Å². The van der Waals surface area contributed by atoms with Crippen molar-refractivity contribution in [2.24, 2.45) is 5.92 Å². The van der Waals surface area contributed by atoms with E-state index in [1.807, 2.05) is 6.07 Å². The topological polar surface area (TPSA) is 90.4 Å². The van der Waals surface area contributed by atoms with Crippen LogP contribution >= 0.6 is 11.6 Å². The van der Waals surface area contributed by atoms with E-state index in [1.54, 1.807) is 24.6 Å². The maximum atomic E-state index is 13.2. The number of carbonyl (C=O) groups excluding carboxylic acids is 1. The molecular weight excluding hydrogens is 438 g/mol. The van der Waals surface area contributed by atoms with E-state index in [4.69, 9.17) is 21.1 Å². The molecule has 31 heavy (non-hydrogen) atoms. The van der Waals surface area contributed by atoms with Gasteiger partial charge in [-0.1, -0.05) is 43.4 Å². The summed E-state index contributed by atoms with van der Waals surface area (Å²) in [5.41, 5.74) is 1.40. The lowest BCUT2D eigenvalue weighted by Gasteiger charge is -2.21. The lowest BCUT2D eigenvalue weighted by atomic mass is 9.87. The predicted molar refractivity (Wildman–Crippen MR) is 118 cm³/mol. The van der Waals surface area contributed by atoms with Gasteiger partial charge in [-0.25, -0.2) is 4.98 Å². The Labute approximate surface area is 189 Å². The summed E-state index contributed by atoms with van der Waals surface area (Å²) in [6, 6.07) is 5.37. The van der Waals surface area contributed by atoms with Crippen LogP contribution in [0, 0.1) is 5.92 Å². The molecule has 1 saturated carbocycles. The molecule has 1 amide bonds. The molecule has 1 saturated heterocycles. The van der Waals surface area contributed by atoms with Crippen molar-refractivity contribution in [1.29, 1.82) is 0 Å². The second-order valence-electron chi connectivity index (χ2n) is 7.97. The molecule has 4 rings (SSSR count). The summed E-state index contributed by atoms with van der Waals surface area (Å²) in [5, 5.41) is 3.31. The van der Waals surface area contributed by atoms with Crippen molar-refractivity contribution in [2.75, 3.05) is 24.8 Å². The minimum atomic E-state index is -1.18. The van der Waals surface area contributed by atoms with Crippen molar-refractivity contribution < 1.29 is 18.5 Å². The Morgan fingerprint density at radius 3 is 2.58 bits per heavy atom. The first-order chi connectivity index (χ1) is 15.0. The number of hydrogen-bond donors (Lipinski definition) is 1. The summed E-state index contributed by atoms with van der Waals surface area (Å²) in [6.45, 7) is 1.06. The highest BCUT2D eigenvalue weighted by atomic mass is 35.5. The highest BCUT2D eigenvalue weighted by Crippen LogP contribution is 2.36. The maximum Gasteiger partial charge on any atom is 0.233 e. The Balaban J connectivity index is 1.52. The fourth-order valence-corrected chi connectivity index (χ4v) is 5.32. The normalized spacial score (nSPS) is 19.4. The summed E-state index contributed by atoms with van der Waals surface area (Å²) in [4.78, 5) is 22.4. The van der Waals surface area contributed by atoms with Gasteiger partial charge in [-0.15, -0.1) is 0 Å². The first-order valence-electron chi connectivity index (χ1n) is 10.5. The number of nitrogens with one attached hydrogen (secondary N) is 1. The van der Waals surface area contributed by atoms with Gasteiger partial charge in [-0.2, -0.15) is 0 Å². The average Bonchev–Trinajstić information content (AvgIpc) is 3.46. The lowest BCUT2D eigenvalue weighted by molar-refractivity contribution is -0.118. The first-order valence-corrected chi connectivity index (χ1v) is 12.4. The first kappa shape index (κ1) is 22.3. The zero-order valence-corrected chi connectivity index (χ0v) is 19.0. The average molecular weight is 464 g/mol. The largest absolute Gasteiger partial charge is 0.345 e. The van der Waals surface area contributed by atoms with Crippen molar-refractivity contribution in [3.63, 3.8) is 0 Å². The number of benzene rings is 1. The third-order valence-electron chi connectivity index (χ3n) is 5.81. The highest BCUT2D eigenvalue weighted by Gasteiger charge is 2.28. The van der Waals surface area contributed by atoms with Crippen LogP contribution in [-0.4, -0.2) is 39.6 Å². The zero-order valence-electron chi connectivity index (χ0n) is 17.4. The summed E-state index contributed by atoms with van der Waals surface area (Å²) in [5.74, 6) is 0.354. The maximum absolute atomic E-state index is 13.2. The molecule has 0 radical (unpaired) electrons. The fourth-order valence-electron chi connectivity index (χ4n) is 4.21. The number of amides is 1. The number of aromatic nitrogens is 2. The van der Waals surface area contributed by atoms with Crippen LogP contribution in [0.2, 0.25) is 5.02 Å². The van der Waals surface area contributed by atoms with Crippen LogP contribution in [0.1, 0.15) is 55.6 Å². The van der Waals surface area contributed by atoms with Crippen LogP contribution in [0.3, 0.4) is 0 Å². The molecule has 1 aliphatic heterocycles. The molecule has 2 atom stereocenters. The van der Waals surface area contributed by atoms with E-state index in [9.17, 15) is 9.00 Å². The summed E-state index contributed by atoms with van der Waals surface area (Å²) in [7, 11) is -1.18. The predicted octanol–water partition coefficient (Wildman–Crippen LogP) is 4.22. The molecule has 1 aliphatic carbocycles. The summed E-state index contributed by atoms with van der Waals surface area (Å²) >= 11 is 6.36. The molecule has 1 N–H and O–H groups in total. The minimum absolute atomic E-state index is 0.149. The van der Waals surface area contributed by atoms with Gasteiger partial charge in [-0.05, 0) is 30.0 Å². The standard InChI is InChI=1S/C22H26ClN3O4S/c1-31(28)19-7-6-15(11-17(19)23)16(10-14-4-2-3-5-14)21(27)26-20-13-24-18(12-25-20)22-29-8-9-30-22/h6-7,11-14,16,22H,2-5,8-10H2,1H3,(H,25,26,27). The molecule has 1 aromatic heterocycles. The van der Waals surface area contributed by atoms with Gasteiger partial charge < -0.3 is 14.8 Å². The van der Waals surface area contributed by atoms with Crippen molar-refractivity contribution in [3.05, 3.63) is 46.9 Å². The Morgan fingerprint density at radius 1 is 1.23 bits per heavy atom. The number of halogens is 1. The second kappa shape index (κ2) is 10.2. The van der Waals surface area contributed by atoms with Crippen molar-refractivity contribution >= 4 is 34.1 Å². The number of hydrogen-bond acceptors (Lipinski definition) is 6. The van der Waals surface area contributed by atoms with Gasteiger partial charge in [0.25, 0.3) is 0 Å². The van der Waals surface area contributed by atoms with Crippen LogP contribution in [0.4, 0.5) is 5.82 Å². The van der Waals surface area contributed by atoms with Crippen molar-refractivity contribution in [1.82, 2.24) is 9.97 Å². The Bertz CT molecular complexity index is 944. The van der Waals surface area contributed by atoms with Gasteiger partial charge >= 0.3 is 0 Å². The molecule has 2 aromatic rings. The third-order valence-corrected chi connectivity index (χ3v) is 7.21. The number of carbonyl (C=O) groups is 1. The van der Waals surface area contributed by atoms with E-state index in [0.29, 0.717) is 40.6 Å². The zero-order chi connectivity index (χ0) is 21.8. The molecule has 1 aromatic carbocycles. The minimum Gasteiger partial charge on any atom is -0.345 e. The van der Waals surface area contributed by atoms with E-state index in [2.05, 4.69) is 15.3 Å². The van der Waals surface area contributed by atoms with E-state index in [0.717, 1.165) is 24.8 Å². The van der Waals surface area contributed by atoms with Crippen molar-refractivity contribution in [2.45, 2.75) is 49.2 Å². The highest BCUT2D eigenvalue weighted by molar-refractivity contribution is 7.84. The van der Waals surface area contributed by atoms with Crippen molar-refractivity contribution in [3.8, 4) is 0 Å². The molecule has 2 unspecified atom stereocenters. The van der Waals surface area contributed by atoms with Gasteiger partial charge in [0.15, 0.2) is 5.82 Å². The van der Waals surface area contributed by atoms with Crippen LogP contribution in [0.25, 0.3) is 0 Å². The second-order valence-corrected chi connectivity index (χ2v) is 9.73. The van der Waals surface area contributed by atoms with Gasteiger partial charge in [0.2, 0.25) is 12.2 Å². The van der Waals surface area contributed by atoms with Crippen LogP contribution in [0.5, 0.6) is 0 Å². The fraction of sp³-hybridized carbons (Fsp3) is 0.500. The Morgan fingerprint density at radius 2 is 1.97 bits per heavy atom. The molecule has 2 fully saturated rings. The van der Waals surface area contributed by atoms with Gasteiger partial charge in [0.1, 0.15) is 5.69 Å². The van der Waals surface area contributed by atoms with E-state index in [1.165, 1.54) is 19.0 Å². The van der Waals surface area contributed by atoms with Crippen LogP contribution in [0.15, 0.2) is 35.5 Å². The third kappa shape index (κ3) is 5.49. The molecule has 0 spiro atoms. The van der Waals surface area contributed by atoms with Gasteiger partial charge in [-0.3, -0.25) is 14.0 Å². The van der Waals surface area contributed by atoms with E-state index in [-0.39, 0.29) is 11.8 Å². The molecule has 2 heterocycles. The molecule has 9 heteroatoms.